The maximum Gasteiger partial charge on any atom is 0.128 e. The number of anilines is 1. The normalized spacial score (nSPS) is 23.0. The molecule has 3 aliphatic rings. The Balaban J connectivity index is 1.21. The summed E-state index contributed by atoms with van der Waals surface area (Å²) in [6, 6.07) is 10.5. The van der Waals surface area contributed by atoms with Crippen LogP contribution in [0.5, 0.6) is 0 Å². The van der Waals surface area contributed by atoms with Gasteiger partial charge in [0.1, 0.15) is 17.8 Å². The number of piperidine rings is 1. The molecule has 206 valence electrons. The molecule has 4 heterocycles. The predicted molar refractivity (Wildman–Crippen MR) is 148 cm³/mol. The minimum atomic E-state index is -0.766. The van der Waals surface area contributed by atoms with E-state index in [2.05, 4.69) is 26.5 Å². The van der Waals surface area contributed by atoms with Crippen LogP contribution < -0.4 is 4.90 Å². The average Bonchev–Trinajstić information content (AvgIpc) is 3.56. The Morgan fingerprint density at radius 1 is 1.10 bits per heavy atom. The zero-order valence-corrected chi connectivity index (χ0v) is 22.9. The molecule has 10 heteroatoms. The molecular formula is C29H33F2N5O2S. The van der Waals surface area contributed by atoms with Crippen molar-refractivity contribution >= 4 is 23.8 Å². The molecule has 0 amide bonds. The molecule has 3 aromatic rings. The first-order chi connectivity index (χ1) is 19.0. The van der Waals surface area contributed by atoms with E-state index in [4.69, 9.17) is 9.47 Å². The molecule has 39 heavy (non-hydrogen) atoms. The summed E-state index contributed by atoms with van der Waals surface area (Å²) in [5, 5.41) is 4.66. The summed E-state index contributed by atoms with van der Waals surface area (Å²) in [5.74, 6) is 0.578. The Kier molecular flexibility index (Phi) is 7.70. The van der Waals surface area contributed by atoms with Gasteiger partial charge in [0.15, 0.2) is 0 Å². The SMILES string of the molecule is COCCOC[C@]12Cc3cnn(-c4ccc(F)cc4)c3C=C1CCN(Sc1ccc(N3CC[C@@H](F)C3)nc1)C2. The highest BCUT2D eigenvalue weighted by atomic mass is 32.2. The van der Waals surface area contributed by atoms with Crippen molar-refractivity contribution in [3.05, 3.63) is 71.4 Å². The highest BCUT2D eigenvalue weighted by molar-refractivity contribution is 7.97. The van der Waals surface area contributed by atoms with E-state index in [-0.39, 0.29) is 11.2 Å². The van der Waals surface area contributed by atoms with Crippen LogP contribution in [0.1, 0.15) is 24.1 Å². The molecule has 2 atom stereocenters. The van der Waals surface area contributed by atoms with E-state index < -0.39 is 6.17 Å². The summed E-state index contributed by atoms with van der Waals surface area (Å²) >= 11 is 1.71. The van der Waals surface area contributed by atoms with Gasteiger partial charge in [0.25, 0.3) is 0 Å². The van der Waals surface area contributed by atoms with Crippen molar-refractivity contribution in [2.24, 2.45) is 5.41 Å². The van der Waals surface area contributed by atoms with Gasteiger partial charge < -0.3 is 14.4 Å². The van der Waals surface area contributed by atoms with Gasteiger partial charge in [-0.1, -0.05) is 5.57 Å². The minimum absolute atomic E-state index is 0.179. The van der Waals surface area contributed by atoms with Crippen LogP contribution in [0.2, 0.25) is 0 Å². The third-order valence-corrected chi connectivity index (χ3v) is 8.83. The van der Waals surface area contributed by atoms with Gasteiger partial charge in [-0.25, -0.2) is 22.8 Å². The standard InChI is InChI=1S/C29H33F2N5O2S/c1-37-12-13-38-20-29-15-21-16-33-36(25-4-2-23(30)3-5-25)27(21)14-22(29)8-11-35(19-29)39-26-6-7-28(32-17-26)34-10-9-24(31)18-34/h2-7,14,16-17,24H,8-13,15,18-20H2,1H3/t24-,29-/m1/s1. The lowest BCUT2D eigenvalue weighted by Gasteiger charge is -2.46. The number of rotatable bonds is 9. The summed E-state index contributed by atoms with van der Waals surface area (Å²) in [6.45, 7) is 4.56. The Labute approximate surface area is 231 Å². The van der Waals surface area contributed by atoms with Gasteiger partial charge in [-0.05, 0) is 79.2 Å². The third kappa shape index (κ3) is 5.61. The molecule has 0 spiro atoms. The third-order valence-electron chi connectivity index (χ3n) is 7.81. The van der Waals surface area contributed by atoms with Crippen LogP contribution in [0.25, 0.3) is 11.8 Å². The Morgan fingerprint density at radius 3 is 2.72 bits per heavy atom. The van der Waals surface area contributed by atoms with Gasteiger partial charge in [-0.2, -0.15) is 5.10 Å². The van der Waals surface area contributed by atoms with E-state index in [0.29, 0.717) is 39.3 Å². The molecule has 0 radical (unpaired) electrons. The molecule has 0 unspecified atom stereocenters. The molecule has 2 fully saturated rings. The number of benzene rings is 1. The van der Waals surface area contributed by atoms with Gasteiger partial charge in [0.2, 0.25) is 0 Å². The molecule has 1 aliphatic carbocycles. The number of pyridine rings is 1. The van der Waals surface area contributed by atoms with Gasteiger partial charge in [-0.15, -0.1) is 0 Å². The fourth-order valence-electron chi connectivity index (χ4n) is 5.79. The number of halogens is 2. The van der Waals surface area contributed by atoms with E-state index in [9.17, 15) is 8.78 Å². The number of ether oxygens (including phenoxy) is 2. The number of fused-ring (bicyclic) bond motifs is 2. The Bertz CT molecular complexity index is 1320. The van der Waals surface area contributed by atoms with Crippen molar-refractivity contribution in [1.82, 2.24) is 19.1 Å². The number of hydrogen-bond acceptors (Lipinski definition) is 7. The molecule has 2 aliphatic heterocycles. The van der Waals surface area contributed by atoms with Crippen molar-refractivity contribution < 1.29 is 18.3 Å². The van der Waals surface area contributed by atoms with Gasteiger partial charge in [0, 0.05) is 43.3 Å². The second kappa shape index (κ2) is 11.4. The topological polar surface area (TPSA) is 55.7 Å². The van der Waals surface area contributed by atoms with Gasteiger partial charge >= 0.3 is 0 Å². The fourth-order valence-corrected chi connectivity index (χ4v) is 6.81. The minimum Gasteiger partial charge on any atom is -0.382 e. The van der Waals surface area contributed by atoms with E-state index in [1.165, 1.54) is 17.7 Å². The summed E-state index contributed by atoms with van der Waals surface area (Å²) in [7, 11) is 1.68. The van der Waals surface area contributed by atoms with Gasteiger partial charge in [-0.3, -0.25) is 0 Å². The molecule has 0 saturated carbocycles. The van der Waals surface area contributed by atoms with Crippen molar-refractivity contribution in [3.8, 4) is 5.69 Å². The molecule has 0 bridgehead atoms. The lowest BCUT2D eigenvalue weighted by Crippen LogP contribution is -2.47. The first-order valence-electron chi connectivity index (χ1n) is 13.4. The largest absolute Gasteiger partial charge is 0.382 e. The van der Waals surface area contributed by atoms with Crippen molar-refractivity contribution in [1.29, 1.82) is 0 Å². The lowest BCUT2D eigenvalue weighted by molar-refractivity contribution is 0.0158. The molecule has 6 rings (SSSR count). The smallest absolute Gasteiger partial charge is 0.128 e. The molecule has 0 N–H and O–H groups in total. The maximum atomic E-state index is 13.6. The van der Waals surface area contributed by atoms with E-state index in [1.807, 2.05) is 28.0 Å². The summed E-state index contributed by atoms with van der Waals surface area (Å²) in [4.78, 5) is 7.70. The van der Waals surface area contributed by atoms with Crippen molar-refractivity contribution in [3.63, 3.8) is 0 Å². The fraction of sp³-hybridized carbons (Fsp3) is 0.448. The average molecular weight is 554 g/mol. The summed E-state index contributed by atoms with van der Waals surface area (Å²) in [6.07, 6.45) is 7.62. The number of hydrogen-bond donors (Lipinski definition) is 0. The van der Waals surface area contributed by atoms with E-state index in [0.717, 1.165) is 53.6 Å². The number of alkyl halides is 1. The van der Waals surface area contributed by atoms with Crippen molar-refractivity contribution in [2.75, 3.05) is 58.0 Å². The maximum absolute atomic E-state index is 13.6. The first kappa shape index (κ1) is 26.4. The number of methoxy groups -OCH3 is 1. The quantitative estimate of drug-likeness (QED) is 0.274. The van der Waals surface area contributed by atoms with Crippen LogP contribution in [0.3, 0.4) is 0 Å². The Hall–Kier alpha value is -2.79. The Morgan fingerprint density at radius 2 is 1.97 bits per heavy atom. The van der Waals surface area contributed by atoms with Crippen LogP contribution >= 0.6 is 11.9 Å². The van der Waals surface area contributed by atoms with E-state index in [1.54, 1.807) is 31.2 Å². The second-order valence-electron chi connectivity index (χ2n) is 10.5. The zero-order chi connectivity index (χ0) is 26.8. The van der Waals surface area contributed by atoms with Crippen LogP contribution in [0.4, 0.5) is 14.6 Å². The number of aromatic nitrogens is 3. The molecule has 1 aromatic carbocycles. The summed E-state index contributed by atoms with van der Waals surface area (Å²) < 4.78 is 42.8. The first-order valence-corrected chi connectivity index (χ1v) is 14.2. The highest BCUT2D eigenvalue weighted by Crippen LogP contribution is 2.46. The van der Waals surface area contributed by atoms with Crippen LogP contribution in [0.15, 0.2) is 59.3 Å². The summed E-state index contributed by atoms with van der Waals surface area (Å²) in [5.41, 5.74) is 4.24. The zero-order valence-electron chi connectivity index (χ0n) is 22.1. The highest BCUT2D eigenvalue weighted by Gasteiger charge is 2.43. The van der Waals surface area contributed by atoms with Crippen molar-refractivity contribution in [2.45, 2.75) is 30.3 Å². The molecule has 2 aromatic heterocycles. The van der Waals surface area contributed by atoms with Crippen LogP contribution in [-0.4, -0.2) is 78.4 Å². The monoisotopic (exact) mass is 553 g/mol. The molecule has 7 nitrogen and oxygen atoms in total. The van der Waals surface area contributed by atoms with Crippen LogP contribution in [0, 0.1) is 11.2 Å². The molecular weight excluding hydrogens is 520 g/mol. The lowest BCUT2D eigenvalue weighted by atomic mass is 9.69. The molecule has 2 saturated heterocycles. The second-order valence-corrected chi connectivity index (χ2v) is 11.7. The van der Waals surface area contributed by atoms with Crippen LogP contribution in [-0.2, 0) is 15.9 Å². The number of nitrogens with zero attached hydrogens (tertiary/aromatic N) is 5. The van der Waals surface area contributed by atoms with E-state index >= 15 is 0 Å². The van der Waals surface area contributed by atoms with Gasteiger partial charge in [0.05, 0.1) is 43.9 Å². The predicted octanol–water partition coefficient (Wildman–Crippen LogP) is 4.96.